The van der Waals surface area contributed by atoms with Crippen LogP contribution in [0.1, 0.15) is 36.0 Å². The van der Waals surface area contributed by atoms with Crippen molar-refractivity contribution in [2.24, 2.45) is 5.73 Å². The molecule has 0 bridgehead atoms. The summed E-state index contributed by atoms with van der Waals surface area (Å²) in [6.07, 6.45) is 3.57. The molecular weight excluding hydrogens is 242 g/mol. The third-order valence-corrected chi connectivity index (χ3v) is 3.62. The van der Waals surface area contributed by atoms with Crippen LogP contribution in [0.3, 0.4) is 0 Å². The number of ketones is 1. The Balaban J connectivity index is 2.16. The van der Waals surface area contributed by atoms with E-state index in [9.17, 15) is 4.79 Å². The van der Waals surface area contributed by atoms with Gasteiger partial charge in [-0.2, -0.15) is 0 Å². The van der Waals surface area contributed by atoms with Crippen LogP contribution < -0.4 is 10.5 Å². The lowest BCUT2D eigenvalue weighted by Gasteiger charge is -2.23. The van der Waals surface area contributed by atoms with Crippen molar-refractivity contribution in [2.75, 3.05) is 20.3 Å². The second kappa shape index (κ2) is 6.17. The maximum absolute atomic E-state index is 12.6. The maximum atomic E-state index is 12.6. The summed E-state index contributed by atoms with van der Waals surface area (Å²) in [5.41, 5.74) is 6.11. The summed E-state index contributed by atoms with van der Waals surface area (Å²) >= 11 is 0. The average molecular weight is 263 g/mol. The molecule has 1 saturated carbocycles. The summed E-state index contributed by atoms with van der Waals surface area (Å²) in [7, 11) is 1.62. The quantitative estimate of drug-likeness (QED) is 0.631. The first-order valence-corrected chi connectivity index (χ1v) is 6.72. The number of nitrogens with two attached hydrogens (primary N) is 1. The SMILES string of the molecule is COCCOc1ccccc1C(=O)C1(N)CCCC1. The number of benzene rings is 1. The third kappa shape index (κ3) is 3.14. The lowest BCUT2D eigenvalue weighted by molar-refractivity contribution is 0.0884. The van der Waals surface area contributed by atoms with Gasteiger partial charge >= 0.3 is 0 Å². The van der Waals surface area contributed by atoms with Crippen molar-refractivity contribution in [3.8, 4) is 5.75 Å². The lowest BCUT2D eigenvalue weighted by atomic mass is 9.88. The number of carbonyl (C=O) groups is 1. The van der Waals surface area contributed by atoms with Crippen LogP contribution in [0.15, 0.2) is 24.3 Å². The minimum atomic E-state index is -0.708. The standard InChI is InChI=1S/C15H21NO3/c1-18-10-11-19-13-7-3-2-6-12(13)14(17)15(16)8-4-5-9-15/h2-3,6-7H,4-5,8-11,16H2,1H3. The fourth-order valence-electron chi connectivity index (χ4n) is 2.52. The molecule has 2 rings (SSSR count). The van der Waals surface area contributed by atoms with E-state index in [1.165, 1.54) is 0 Å². The molecule has 104 valence electrons. The zero-order chi connectivity index (χ0) is 13.7. The first kappa shape index (κ1) is 14.0. The molecule has 0 unspecified atom stereocenters. The van der Waals surface area contributed by atoms with E-state index >= 15 is 0 Å². The topological polar surface area (TPSA) is 61.5 Å². The summed E-state index contributed by atoms with van der Waals surface area (Å²) in [4.78, 5) is 12.6. The first-order valence-electron chi connectivity index (χ1n) is 6.72. The molecule has 2 N–H and O–H groups in total. The van der Waals surface area contributed by atoms with Gasteiger partial charge in [0.2, 0.25) is 0 Å². The van der Waals surface area contributed by atoms with Gasteiger partial charge in [0.05, 0.1) is 17.7 Å². The first-order chi connectivity index (χ1) is 9.17. The van der Waals surface area contributed by atoms with Crippen LogP contribution in [0.25, 0.3) is 0 Å². The molecule has 1 aromatic rings. The monoisotopic (exact) mass is 263 g/mol. The van der Waals surface area contributed by atoms with Gasteiger partial charge in [0, 0.05) is 7.11 Å². The minimum absolute atomic E-state index is 0.00184. The van der Waals surface area contributed by atoms with Gasteiger partial charge in [0.25, 0.3) is 0 Å². The van der Waals surface area contributed by atoms with Crippen LogP contribution >= 0.6 is 0 Å². The zero-order valence-electron chi connectivity index (χ0n) is 11.4. The number of hydrogen-bond donors (Lipinski definition) is 1. The number of carbonyl (C=O) groups excluding carboxylic acids is 1. The highest BCUT2D eigenvalue weighted by Gasteiger charge is 2.38. The fourth-order valence-corrected chi connectivity index (χ4v) is 2.52. The van der Waals surface area contributed by atoms with Crippen molar-refractivity contribution in [3.63, 3.8) is 0 Å². The molecule has 0 aromatic heterocycles. The Morgan fingerprint density at radius 1 is 1.26 bits per heavy atom. The second-order valence-corrected chi connectivity index (χ2v) is 5.03. The normalized spacial score (nSPS) is 17.4. The van der Waals surface area contributed by atoms with E-state index in [4.69, 9.17) is 15.2 Å². The van der Waals surface area contributed by atoms with Crippen molar-refractivity contribution >= 4 is 5.78 Å². The molecule has 0 aliphatic heterocycles. The molecule has 4 nitrogen and oxygen atoms in total. The van der Waals surface area contributed by atoms with Crippen LogP contribution in [-0.2, 0) is 4.74 Å². The van der Waals surface area contributed by atoms with Crippen LogP contribution in [0.5, 0.6) is 5.75 Å². The van der Waals surface area contributed by atoms with Gasteiger partial charge in [-0.05, 0) is 25.0 Å². The van der Waals surface area contributed by atoms with E-state index < -0.39 is 5.54 Å². The number of methoxy groups -OCH3 is 1. The molecule has 1 aromatic carbocycles. The largest absolute Gasteiger partial charge is 0.490 e. The van der Waals surface area contributed by atoms with E-state index in [0.717, 1.165) is 25.7 Å². The molecule has 4 heteroatoms. The smallest absolute Gasteiger partial charge is 0.186 e. The predicted octanol–water partition coefficient (Wildman–Crippen LogP) is 2.17. The number of ether oxygens (including phenoxy) is 2. The van der Waals surface area contributed by atoms with Gasteiger partial charge < -0.3 is 15.2 Å². The fraction of sp³-hybridized carbons (Fsp3) is 0.533. The Labute approximate surface area is 113 Å². The van der Waals surface area contributed by atoms with Crippen molar-refractivity contribution in [1.82, 2.24) is 0 Å². The molecular formula is C15H21NO3. The van der Waals surface area contributed by atoms with E-state index in [-0.39, 0.29) is 5.78 Å². The summed E-state index contributed by atoms with van der Waals surface area (Å²) in [6.45, 7) is 0.925. The Kier molecular flexibility index (Phi) is 4.56. The average Bonchev–Trinajstić information content (AvgIpc) is 2.87. The third-order valence-electron chi connectivity index (χ3n) is 3.62. The summed E-state index contributed by atoms with van der Waals surface area (Å²) in [6, 6.07) is 7.30. The van der Waals surface area contributed by atoms with Crippen molar-refractivity contribution in [1.29, 1.82) is 0 Å². The van der Waals surface area contributed by atoms with Gasteiger partial charge in [-0.25, -0.2) is 0 Å². The maximum Gasteiger partial charge on any atom is 0.186 e. The van der Waals surface area contributed by atoms with Gasteiger partial charge in [0.15, 0.2) is 5.78 Å². The zero-order valence-corrected chi connectivity index (χ0v) is 11.4. The number of para-hydroxylation sites is 1. The molecule has 0 amide bonds. The second-order valence-electron chi connectivity index (χ2n) is 5.03. The highest BCUT2D eigenvalue weighted by Crippen LogP contribution is 2.33. The Morgan fingerprint density at radius 3 is 2.63 bits per heavy atom. The Morgan fingerprint density at radius 2 is 1.95 bits per heavy atom. The minimum Gasteiger partial charge on any atom is -0.490 e. The molecule has 0 atom stereocenters. The Bertz CT molecular complexity index is 439. The van der Waals surface area contributed by atoms with E-state index in [1.54, 1.807) is 19.2 Å². The van der Waals surface area contributed by atoms with Gasteiger partial charge in [-0.1, -0.05) is 25.0 Å². The molecule has 0 saturated heterocycles. The van der Waals surface area contributed by atoms with E-state index in [2.05, 4.69) is 0 Å². The van der Waals surface area contributed by atoms with Gasteiger partial charge in [-0.3, -0.25) is 4.79 Å². The van der Waals surface area contributed by atoms with Gasteiger partial charge in [-0.15, -0.1) is 0 Å². The number of Topliss-reactive ketones (excluding diaryl/α,β-unsaturated/α-hetero) is 1. The van der Waals surface area contributed by atoms with E-state index in [0.29, 0.717) is 24.5 Å². The molecule has 1 aliphatic rings. The summed E-state index contributed by atoms with van der Waals surface area (Å²) < 4.78 is 10.6. The van der Waals surface area contributed by atoms with Crippen molar-refractivity contribution in [2.45, 2.75) is 31.2 Å². The molecule has 19 heavy (non-hydrogen) atoms. The highest BCUT2D eigenvalue weighted by atomic mass is 16.5. The molecule has 0 radical (unpaired) electrons. The van der Waals surface area contributed by atoms with Crippen LogP contribution in [0, 0.1) is 0 Å². The molecule has 1 fully saturated rings. The van der Waals surface area contributed by atoms with Crippen molar-refractivity contribution in [3.05, 3.63) is 29.8 Å². The van der Waals surface area contributed by atoms with Gasteiger partial charge in [0.1, 0.15) is 12.4 Å². The summed E-state index contributed by atoms with van der Waals surface area (Å²) in [5.74, 6) is 0.597. The lowest BCUT2D eigenvalue weighted by Crippen LogP contribution is -2.45. The molecule has 0 heterocycles. The molecule has 0 spiro atoms. The molecule has 1 aliphatic carbocycles. The number of rotatable bonds is 6. The number of hydrogen-bond acceptors (Lipinski definition) is 4. The highest BCUT2D eigenvalue weighted by molar-refractivity contribution is 6.05. The van der Waals surface area contributed by atoms with Crippen LogP contribution in [-0.4, -0.2) is 31.6 Å². The van der Waals surface area contributed by atoms with E-state index in [1.807, 2.05) is 12.1 Å². The van der Waals surface area contributed by atoms with Crippen LogP contribution in [0.2, 0.25) is 0 Å². The predicted molar refractivity (Wildman–Crippen MR) is 73.5 cm³/mol. The Hall–Kier alpha value is -1.39. The summed E-state index contributed by atoms with van der Waals surface area (Å²) in [5, 5.41) is 0. The van der Waals surface area contributed by atoms with Crippen molar-refractivity contribution < 1.29 is 14.3 Å². The van der Waals surface area contributed by atoms with Crippen LogP contribution in [0.4, 0.5) is 0 Å².